The predicted octanol–water partition coefficient (Wildman–Crippen LogP) is 1.79. The number of rotatable bonds is 3. The molecule has 2 saturated heterocycles. The molecule has 106 valence electrons. The summed E-state index contributed by atoms with van der Waals surface area (Å²) in [5.41, 5.74) is 0. The number of nitrogens with one attached hydrogen (secondary N) is 1. The summed E-state index contributed by atoms with van der Waals surface area (Å²) in [4.78, 5) is 5.18. The Morgan fingerprint density at radius 3 is 2.61 bits per heavy atom. The molecule has 2 fully saturated rings. The van der Waals surface area contributed by atoms with Gasteiger partial charge in [-0.25, -0.2) is 0 Å². The molecule has 0 bridgehead atoms. The highest BCUT2D eigenvalue weighted by Crippen LogP contribution is 2.20. The van der Waals surface area contributed by atoms with Crippen LogP contribution < -0.4 is 5.32 Å². The quantitative estimate of drug-likeness (QED) is 0.827. The van der Waals surface area contributed by atoms with Gasteiger partial charge in [0.05, 0.1) is 0 Å². The van der Waals surface area contributed by atoms with Crippen LogP contribution in [0.25, 0.3) is 0 Å². The Balaban J connectivity index is 1.65. The van der Waals surface area contributed by atoms with Crippen LogP contribution in [-0.2, 0) is 0 Å². The summed E-state index contributed by atoms with van der Waals surface area (Å²) in [6, 6.07) is 0.705. The van der Waals surface area contributed by atoms with E-state index in [4.69, 9.17) is 0 Å². The lowest BCUT2D eigenvalue weighted by atomic mass is 9.93. The first-order valence-electron chi connectivity index (χ1n) is 7.88. The fourth-order valence-corrected chi connectivity index (χ4v) is 3.18. The van der Waals surface area contributed by atoms with E-state index in [1.165, 1.54) is 71.4 Å². The zero-order chi connectivity index (χ0) is 12.8. The maximum atomic E-state index is 3.58. The third-order valence-corrected chi connectivity index (χ3v) is 4.71. The molecule has 18 heavy (non-hydrogen) atoms. The highest BCUT2D eigenvalue weighted by molar-refractivity contribution is 4.74. The largest absolute Gasteiger partial charge is 0.314 e. The molecule has 2 aliphatic rings. The van der Waals surface area contributed by atoms with Crippen LogP contribution in [0.4, 0.5) is 0 Å². The maximum Gasteiger partial charge on any atom is 0.00509 e. The normalized spacial score (nSPS) is 30.0. The van der Waals surface area contributed by atoms with Crippen molar-refractivity contribution in [3.63, 3.8) is 0 Å². The molecule has 1 unspecified atom stereocenters. The molecule has 3 heteroatoms. The molecule has 2 rings (SSSR count). The Kier molecular flexibility index (Phi) is 5.93. The minimum absolute atomic E-state index is 0.705. The molecule has 3 nitrogen and oxygen atoms in total. The van der Waals surface area contributed by atoms with Crippen LogP contribution in [0.5, 0.6) is 0 Å². The van der Waals surface area contributed by atoms with Gasteiger partial charge in [0, 0.05) is 6.04 Å². The van der Waals surface area contributed by atoms with Crippen LogP contribution in [0.1, 0.15) is 39.0 Å². The van der Waals surface area contributed by atoms with Gasteiger partial charge < -0.3 is 15.1 Å². The zero-order valence-electron chi connectivity index (χ0n) is 12.3. The molecular weight excluding hydrogens is 222 g/mol. The topological polar surface area (TPSA) is 18.5 Å². The van der Waals surface area contributed by atoms with Crippen LogP contribution in [-0.4, -0.2) is 62.2 Å². The lowest BCUT2D eigenvalue weighted by molar-refractivity contribution is 0.178. The number of hydrogen-bond donors (Lipinski definition) is 1. The fourth-order valence-electron chi connectivity index (χ4n) is 3.18. The smallest absolute Gasteiger partial charge is 0.00509 e. The Morgan fingerprint density at radius 1 is 1.06 bits per heavy atom. The number of likely N-dealkylation sites (tertiary alicyclic amines) is 1. The number of piperidine rings is 1. The van der Waals surface area contributed by atoms with Gasteiger partial charge in [0.15, 0.2) is 0 Å². The molecule has 0 radical (unpaired) electrons. The Labute approximate surface area is 113 Å². The third kappa shape index (κ3) is 4.87. The minimum atomic E-state index is 0.705. The van der Waals surface area contributed by atoms with Crippen molar-refractivity contribution in [2.45, 2.75) is 45.1 Å². The fraction of sp³-hybridized carbons (Fsp3) is 1.00. The zero-order valence-corrected chi connectivity index (χ0v) is 12.3. The summed E-state index contributed by atoms with van der Waals surface area (Å²) in [6.07, 6.45) is 6.89. The monoisotopic (exact) mass is 253 g/mol. The molecule has 0 aromatic heterocycles. The molecule has 0 aromatic carbocycles. The molecule has 2 aliphatic heterocycles. The lowest BCUT2D eigenvalue weighted by Crippen LogP contribution is -2.39. The molecule has 0 aromatic rings. The van der Waals surface area contributed by atoms with Crippen molar-refractivity contribution < 1.29 is 0 Å². The van der Waals surface area contributed by atoms with Gasteiger partial charge in [-0.15, -0.1) is 0 Å². The molecule has 1 atom stereocenters. The third-order valence-electron chi connectivity index (χ3n) is 4.71. The second-order valence-electron chi connectivity index (χ2n) is 6.37. The van der Waals surface area contributed by atoms with Crippen molar-refractivity contribution in [1.29, 1.82) is 0 Å². The Hall–Kier alpha value is -0.120. The van der Waals surface area contributed by atoms with Gasteiger partial charge in [-0.2, -0.15) is 0 Å². The summed E-state index contributed by atoms with van der Waals surface area (Å²) in [7, 11) is 2.25. The summed E-state index contributed by atoms with van der Waals surface area (Å²) in [5, 5.41) is 3.58. The lowest BCUT2D eigenvalue weighted by Gasteiger charge is -2.32. The van der Waals surface area contributed by atoms with Gasteiger partial charge >= 0.3 is 0 Å². The van der Waals surface area contributed by atoms with E-state index < -0.39 is 0 Å². The first kappa shape index (κ1) is 14.3. The van der Waals surface area contributed by atoms with Gasteiger partial charge in [-0.05, 0) is 91.3 Å². The van der Waals surface area contributed by atoms with Gasteiger partial charge in [0.1, 0.15) is 0 Å². The molecule has 0 aliphatic carbocycles. The second-order valence-corrected chi connectivity index (χ2v) is 6.37. The summed E-state index contributed by atoms with van der Waals surface area (Å²) >= 11 is 0. The first-order valence-corrected chi connectivity index (χ1v) is 7.88. The van der Waals surface area contributed by atoms with Crippen molar-refractivity contribution in [2.24, 2.45) is 5.92 Å². The standard InChI is InChI=1S/C15H31N3/c1-14-4-12-18(9-3-8-16-14)13-7-15-5-10-17(2)11-6-15/h14-16H,3-13H2,1-2H3. The molecule has 0 spiro atoms. The first-order chi connectivity index (χ1) is 8.74. The molecule has 0 amide bonds. The molecule has 0 saturated carbocycles. The van der Waals surface area contributed by atoms with Crippen molar-refractivity contribution in [1.82, 2.24) is 15.1 Å². The van der Waals surface area contributed by atoms with Gasteiger partial charge in [-0.3, -0.25) is 0 Å². The van der Waals surface area contributed by atoms with E-state index in [2.05, 4.69) is 29.1 Å². The Bertz CT molecular complexity index is 224. The van der Waals surface area contributed by atoms with Crippen molar-refractivity contribution >= 4 is 0 Å². The van der Waals surface area contributed by atoms with Gasteiger partial charge in [0.2, 0.25) is 0 Å². The van der Waals surface area contributed by atoms with Crippen molar-refractivity contribution in [3.8, 4) is 0 Å². The van der Waals surface area contributed by atoms with E-state index in [1.54, 1.807) is 0 Å². The van der Waals surface area contributed by atoms with Crippen LogP contribution in [0.3, 0.4) is 0 Å². The summed E-state index contributed by atoms with van der Waals surface area (Å²) in [6.45, 7) is 10.1. The summed E-state index contributed by atoms with van der Waals surface area (Å²) < 4.78 is 0. The average Bonchev–Trinajstić information content (AvgIpc) is 2.36. The van der Waals surface area contributed by atoms with E-state index in [9.17, 15) is 0 Å². The van der Waals surface area contributed by atoms with Crippen molar-refractivity contribution in [3.05, 3.63) is 0 Å². The highest BCUT2D eigenvalue weighted by Gasteiger charge is 2.18. The van der Waals surface area contributed by atoms with Crippen LogP contribution in [0.15, 0.2) is 0 Å². The van der Waals surface area contributed by atoms with Crippen LogP contribution in [0, 0.1) is 5.92 Å². The molecule has 1 N–H and O–H groups in total. The van der Waals surface area contributed by atoms with Crippen LogP contribution in [0.2, 0.25) is 0 Å². The van der Waals surface area contributed by atoms with Gasteiger partial charge in [0.25, 0.3) is 0 Å². The maximum absolute atomic E-state index is 3.58. The van der Waals surface area contributed by atoms with E-state index in [1.807, 2.05) is 0 Å². The number of nitrogens with zero attached hydrogens (tertiary/aromatic N) is 2. The Morgan fingerprint density at radius 2 is 1.83 bits per heavy atom. The van der Waals surface area contributed by atoms with E-state index in [0.29, 0.717) is 6.04 Å². The average molecular weight is 253 g/mol. The van der Waals surface area contributed by atoms with Crippen molar-refractivity contribution in [2.75, 3.05) is 46.3 Å². The molecular formula is C15H31N3. The van der Waals surface area contributed by atoms with E-state index in [0.717, 1.165) is 5.92 Å². The minimum Gasteiger partial charge on any atom is -0.314 e. The number of hydrogen-bond acceptors (Lipinski definition) is 3. The molecule has 2 heterocycles. The van der Waals surface area contributed by atoms with E-state index >= 15 is 0 Å². The van der Waals surface area contributed by atoms with Crippen LogP contribution >= 0.6 is 0 Å². The highest BCUT2D eigenvalue weighted by atomic mass is 15.1. The van der Waals surface area contributed by atoms with Gasteiger partial charge in [-0.1, -0.05) is 0 Å². The second kappa shape index (κ2) is 7.46. The SMILES string of the molecule is CC1CCN(CCC2CCN(C)CC2)CCCN1. The summed E-state index contributed by atoms with van der Waals surface area (Å²) in [5.74, 6) is 0.988. The predicted molar refractivity (Wildman–Crippen MR) is 78.0 cm³/mol. The van der Waals surface area contributed by atoms with E-state index in [-0.39, 0.29) is 0 Å².